The van der Waals surface area contributed by atoms with Crippen LogP contribution in [0.4, 0.5) is 22.0 Å². The van der Waals surface area contributed by atoms with Crippen LogP contribution in [0.2, 0.25) is 0 Å². The molecule has 6 aromatic carbocycles. The average molecular weight is 657 g/mol. The lowest BCUT2D eigenvalue weighted by molar-refractivity contribution is 0.581. The van der Waals surface area contributed by atoms with Gasteiger partial charge in [-0.1, -0.05) is 108 Å². The van der Waals surface area contributed by atoms with Crippen LogP contribution in [0, 0.1) is 77.6 Å². The van der Waals surface area contributed by atoms with Gasteiger partial charge in [0, 0.05) is 6.07 Å². The van der Waals surface area contributed by atoms with E-state index in [9.17, 15) is 22.0 Å². The highest BCUT2D eigenvalue weighted by Crippen LogP contribution is 2.06. The van der Waals surface area contributed by atoms with Gasteiger partial charge in [-0.25, -0.2) is 22.0 Å². The highest BCUT2D eigenvalue weighted by molar-refractivity contribution is 5.23. The van der Waals surface area contributed by atoms with Gasteiger partial charge < -0.3 is 0 Å². The predicted octanol–water partition coefficient (Wildman–Crippen LogP) is 13.0. The van der Waals surface area contributed by atoms with E-state index in [1.165, 1.54) is 59.2 Å². The third-order valence-electron chi connectivity index (χ3n) is 6.44. The minimum atomic E-state index is -0.521. The Morgan fingerprint density at radius 1 is 0.271 bits per heavy atom. The fraction of sp³-hybridized carbons (Fsp3) is 0.163. The van der Waals surface area contributed by atoms with Crippen LogP contribution in [-0.4, -0.2) is 0 Å². The van der Waals surface area contributed by atoms with Crippen LogP contribution in [-0.2, 0) is 0 Å². The first-order chi connectivity index (χ1) is 22.8. The van der Waals surface area contributed by atoms with Crippen LogP contribution in [0.1, 0.15) is 38.9 Å². The smallest absolute Gasteiger partial charge is 0.126 e. The summed E-state index contributed by atoms with van der Waals surface area (Å²) in [7, 11) is 0. The molecule has 0 saturated heterocycles. The van der Waals surface area contributed by atoms with E-state index in [4.69, 9.17) is 0 Å². The molecule has 0 N–H and O–H groups in total. The molecule has 0 amide bonds. The first-order valence-electron chi connectivity index (χ1n) is 15.4. The number of aryl methyl sites for hydroxylation is 7. The van der Waals surface area contributed by atoms with E-state index in [1.54, 1.807) is 44.2 Å². The normalized spacial score (nSPS) is 9.25. The van der Waals surface area contributed by atoms with E-state index in [-0.39, 0.29) is 17.5 Å². The molecule has 0 bridgehead atoms. The molecule has 0 radical (unpaired) electrons. The molecule has 0 heterocycles. The lowest BCUT2D eigenvalue weighted by Crippen LogP contribution is -1.80. The van der Waals surface area contributed by atoms with Crippen molar-refractivity contribution in [2.45, 2.75) is 48.5 Å². The van der Waals surface area contributed by atoms with Crippen LogP contribution in [0.3, 0.4) is 0 Å². The van der Waals surface area contributed by atoms with Gasteiger partial charge in [0.25, 0.3) is 0 Å². The molecule has 5 heteroatoms. The Kier molecular flexibility index (Phi) is 19.9. The highest BCUT2D eigenvalue weighted by atomic mass is 19.1. The summed E-state index contributed by atoms with van der Waals surface area (Å²) >= 11 is 0. The monoisotopic (exact) mass is 656 g/mol. The van der Waals surface area contributed by atoms with Crippen LogP contribution >= 0.6 is 0 Å². The van der Waals surface area contributed by atoms with Crippen molar-refractivity contribution in [3.8, 4) is 0 Å². The predicted molar refractivity (Wildman–Crippen MR) is 192 cm³/mol. The Morgan fingerprint density at radius 2 is 0.688 bits per heavy atom. The van der Waals surface area contributed by atoms with Crippen molar-refractivity contribution in [3.63, 3.8) is 0 Å². The van der Waals surface area contributed by atoms with E-state index < -0.39 is 11.6 Å². The summed E-state index contributed by atoms with van der Waals surface area (Å²) in [5, 5.41) is 0. The molecule has 0 spiro atoms. The largest absolute Gasteiger partial charge is 0.207 e. The maximum atomic E-state index is 12.3. The summed E-state index contributed by atoms with van der Waals surface area (Å²) in [5.41, 5.74) is 7.42. The molecule has 0 atom stereocenters. The molecule has 48 heavy (non-hydrogen) atoms. The Morgan fingerprint density at radius 3 is 1.00 bits per heavy atom. The Labute approximate surface area is 283 Å². The standard InChI is InChI=1S/C8H10.C7H6F2.3C7H7F.C7H8/c1-7-5-3-4-6-8(7)2;1-5-2-6(8)4-7(9)3-5;1-6-2-4-7(8)5-3-6;1-6-3-2-4-7(8)5-6;1-6-4-2-3-5-7(6)8;1-7-5-3-2-4-6-7/h3-6H,1-2H3;2-4H,1H3;3*2-5H,1H3;2-6H,1H3. The van der Waals surface area contributed by atoms with Gasteiger partial charge in [0.1, 0.15) is 29.1 Å². The molecule has 0 aliphatic heterocycles. The molecule has 6 rings (SSSR count). The lowest BCUT2D eigenvalue weighted by atomic mass is 10.1. The average Bonchev–Trinajstić information content (AvgIpc) is 3.03. The zero-order chi connectivity index (χ0) is 35.9. The van der Waals surface area contributed by atoms with Gasteiger partial charge in [0.05, 0.1) is 0 Å². The van der Waals surface area contributed by atoms with E-state index >= 15 is 0 Å². The lowest BCUT2D eigenvalue weighted by Gasteiger charge is -1.93. The molecule has 0 aliphatic carbocycles. The number of hydrogen-bond donors (Lipinski definition) is 0. The molecule has 0 aliphatic rings. The quantitative estimate of drug-likeness (QED) is 0.143. The van der Waals surface area contributed by atoms with Crippen molar-refractivity contribution >= 4 is 0 Å². The molecule has 0 unspecified atom stereocenters. The molecule has 252 valence electrons. The minimum absolute atomic E-state index is 0.132. The van der Waals surface area contributed by atoms with E-state index in [0.29, 0.717) is 11.1 Å². The van der Waals surface area contributed by atoms with E-state index in [2.05, 4.69) is 57.2 Å². The second-order valence-corrected chi connectivity index (χ2v) is 11.0. The molecule has 0 saturated carbocycles. The molecule has 6 aromatic rings. The van der Waals surface area contributed by atoms with Gasteiger partial charge in [0.2, 0.25) is 0 Å². The SMILES string of the molecule is Cc1cc(F)cc(F)c1.Cc1ccc(F)cc1.Cc1cccc(F)c1.Cc1ccccc1.Cc1ccccc1C.Cc1ccccc1F. The highest BCUT2D eigenvalue weighted by Gasteiger charge is 1.94. The van der Waals surface area contributed by atoms with Crippen molar-refractivity contribution in [3.05, 3.63) is 214 Å². The molecule has 0 aromatic heterocycles. The fourth-order valence-corrected chi connectivity index (χ4v) is 3.58. The van der Waals surface area contributed by atoms with Gasteiger partial charge in [-0.05, 0) is 119 Å². The van der Waals surface area contributed by atoms with Crippen LogP contribution in [0.25, 0.3) is 0 Å². The van der Waals surface area contributed by atoms with E-state index in [0.717, 1.165) is 17.2 Å². The second kappa shape index (κ2) is 23.3. The maximum absolute atomic E-state index is 12.3. The van der Waals surface area contributed by atoms with Gasteiger partial charge in [-0.15, -0.1) is 0 Å². The zero-order valence-electron chi connectivity index (χ0n) is 28.7. The molecular weight excluding hydrogens is 611 g/mol. The third-order valence-corrected chi connectivity index (χ3v) is 6.44. The van der Waals surface area contributed by atoms with Gasteiger partial charge in [-0.3, -0.25) is 0 Å². The second-order valence-electron chi connectivity index (χ2n) is 11.0. The van der Waals surface area contributed by atoms with Crippen molar-refractivity contribution in [2.75, 3.05) is 0 Å². The summed E-state index contributed by atoms with van der Waals surface area (Å²) in [5.74, 6) is -1.51. The number of rotatable bonds is 0. The zero-order valence-corrected chi connectivity index (χ0v) is 28.7. The molecular formula is C43H45F5. The molecule has 0 fully saturated rings. The van der Waals surface area contributed by atoms with E-state index in [1.807, 2.05) is 44.2 Å². The topological polar surface area (TPSA) is 0 Å². The first kappa shape index (κ1) is 41.0. The van der Waals surface area contributed by atoms with Crippen molar-refractivity contribution < 1.29 is 22.0 Å². The van der Waals surface area contributed by atoms with Crippen molar-refractivity contribution in [2.24, 2.45) is 0 Å². The number of benzene rings is 6. The third kappa shape index (κ3) is 20.2. The Balaban J connectivity index is 0.000000288. The maximum Gasteiger partial charge on any atom is 0.126 e. The van der Waals surface area contributed by atoms with Gasteiger partial charge in [0.15, 0.2) is 0 Å². The fourth-order valence-electron chi connectivity index (χ4n) is 3.58. The summed E-state index contributed by atoms with van der Waals surface area (Å²) in [6, 6.07) is 41.6. The summed E-state index contributed by atoms with van der Waals surface area (Å²) in [4.78, 5) is 0. The van der Waals surface area contributed by atoms with Crippen molar-refractivity contribution in [1.82, 2.24) is 0 Å². The number of hydrogen-bond acceptors (Lipinski definition) is 0. The van der Waals surface area contributed by atoms with Crippen LogP contribution in [0.5, 0.6) is 0 Å². The van der Waals surface area contributed by atoms with Crippen molar-refractivity contribution in [1.29, 1.82) is 0 Å². The molecule has 0 nitrogen and oxygen atoms in total. The summed E-state index contributed by atoms with van der Waals surface area (Å²) in [6.07, 6.45) is 0. The summed E-state index contributed by atoms with van der Waals surface area (Å²) in [6.45, 7) is 13.5. The first-order valence-corrected chi connectivity index (χ1v) is 15.4. The van der Waals surface area contributed by atoms with Crippen LogP contribution < -0.4 is 0 Å². The van der Waals surface area contributed by atoms with Crippen LogP contribution in [0.15, 0.2) is 146 Å². The Bertz CT molecular complexity index is 1550. The number of halogens is 5. The van der Waals surface area contributed by atoms with Gasteiger partial charge in [-0.2, -0.15) is 0 Å². The Hall–Kier alpha value is -5.03. The minimum Gasteiger partial charge on any atom is -0.207 e. The van der Waals surface area contributed by atoms with Gasteiger partial charge >= 0.3 is 0 Å². The summed E-state index contributed by atoms with van der Waals surface area (Å²) < 4.78 is 60.9.